The lowest BCUT2D eigenvalue weighted by molar-refractivity contribution is -0.133. The van der Waals surface area contributed by atoms with E-state index in [2.05, 4.69) is 16.1 Å². The van der Waals surface area contributed by atoms with Crippen molar-refractivity contribution in [3.05, 3.63) is 35.1 Å². The van der Waals surface area contributed by atoms with Gasteiger partial charge in [0, 0.05) is 6.92 Å². The third-order valence-electron chi connectivity index (χ3n) is 5.55. The van der Waals surface area contributed by atoms with E-state index in [4.69, 9.17) is 0 Å². The predicted molar refractivity (Wildman–Crippen MR) is 99.8 cm³/mol. The molecule has 1 amide bonds. The summed E-state index contributed by atoms with van der Waals surface area (Å²) in [7, 11) is 3.57. The Morgan fingerprint density at radius 2 is 2.00 bits per heavy atom. The van der Waals surface area contributed by atoms with E-state index in [0.717, 1.165) is 12.1 Å². The number of hydrazine groups is 1. The van der Waals surface area contributed by atoms with Crippen LogP contribution in [0.1, 0.15) is 37.4 Å². The molecule has 2 aliphatic rings. The molecule has 0 saturated carbocycles. The smallest absolute Gasteiger partial charge is 0.273 e. The van der Waals surface area contributed by atoms with Gasteiger partial charge < -0.3 is 5.32 Å². The average molecular weight is 417 g/mol. The number of nitrogens with one attached hydrogen (secondary N) is 3. The summed E-state index contributed by atoms with van der Waals surface area (Å²) in [6, 6.07) is 2.43. The van der Waals surface area contributed by atoms with Crippen LogP contribution in [-0.2, 0) is 10.7 Å². The van der Waals surface area contributed by atoms with Crippen molar-refractivity contribution in [2.24, 2.45) is 5.92 Å². The summed E-state index contributed by atoms with van der Waals surface area (Å²) in [6.45, 7) is 1.74. The molecular formula is C19H27F4N5O. The predicted octanol–water partition coefficient (Wildman–Crippen LogP) is 2.05. The number of carbonyl (C=O) groups excluding carboxylic acids is 1. The Bertz CT molecular complexity index is 757. The molecule has 0 radical (unpaired) electrons. The van der Waals surface area contributed by atoms with E-state index >= 15 is 0 Å². The van der Waals surface area contributed by atoms with Gasteiger partial charge in [-0.05, 0) is 38.2 Å². The molecule has 162 valence electrons. The molecule has 1 aromatic carbocycles. The lowest BCUT2D eigenvalue weighted by atomic mass is 9.95. The minimum absolute atomic E-state index is 0.285. The van der Waals surface area contributed by atoms with Gasteiger partial charge in [-0.25, -0.2) is 28.0 Å². The van der Waals surface area contributed by atoms with Gasteiger partial charge in [0.15, 0.2) is 0 Å². The number of nitrogens with zero attached hydrogens (tertiary/aromatic N) is 2. The molecule has 3 N–H and O–H groups in total. The van der Waals surface area contributed by atoms with Crippen molar-refractivity contribution in [1.82, 2.24) is 26.0 Å². The Balaban J connectivity index is 1.94. The molecule has 1 aromatic rings. The third kappa shape index (κ3) is 4.11. The largest absolute Gasteiger partial charge is 0.327 e. The number of fused-ring (bicyclic) bond motifs is 1. The zero-order valence-corrected chi connectivity index (χ0v) is 16.8. The number of rotatable bonds is 6. The molecule has 5 unspecified atom stereocenters. The molecule has 10 heteroatoms. The highest BCUT2D eigenvalue weighted by molar-refractivity contribution is 5.81. The first-order chi connectivity index (χ1) is 13.6. The monoisotopic (exact) mass is 417 g/mol. The number of hydrogen-bond acceptors (Lipinski definition) is 5. The number of carbonyl (C=O) groups is 1. The van der Waals surface area contributed by atoms with Gasteiger partial charge in [0.25, 0.3) is 5.92 Å². The first-order valence-electron chi connectivity index (χ1n) is 9.59. The maximum atomic E-state index is 14.4. The second-order valence-electron chi connectivity index (χ2n) is 7.86. The van der Waals surface area contributed by atoms with Crippen molar-refractivity contribution in [2.45, 2.75) is 50.7 Å². The van der Waals surface area contributed by atoms with Gasteiger partial charge in [-0.2, -0.15) is 0 Å². The molecule has 0 aromatic heterocycles. The van der Waals surface area contributed by atoms with E-state index in [9.17, 15) is 22.4 Å². The first-order valence-corrected chi connectivity index (χ1v) is 9.59. The van der Waals surface area contributed by atoms with Crippen molar-refractivity contribution in [2.75, 3.05) is 20.8 Å². The van der Waals surface area contributed by atoms with Gasteiger partial charge in [-0.15, -0.1) is 0 Å². The fourth-order valence-corrected chi connectivity index (χ4v) is 4.07. The Labute approximate surface area is 167 Å². The number of benzene rings is 1. The molecule has 29 heavy (non-hydrogen) atoms. The summed E-state index contributed by atoms with van der Waals surface area (Å²) in [5, 5.41) is 7.78. The van der Waals surface area contributed by atoms with Crippen LogP contribution < -0.4 is 16.1 Å². The molecule has 2 fully saturated rings. The summed E-state index contributed by atoms with van der Waals surface area (Å²) in [4.78, 5) is 14.4. The Kier molecular flexibility index (Phi) is 6.19. The zero-order valence-electron chi connectivity index (χ0n) is 16.8. The van der Waals surface area contributed by atoms with E-state index in [0.29, 0.717) is 18.9 Å². The molecule has 2 aliphatic heterocycles. The highest BCUT2D eigenvalue weighted by Crippen LogP contribution is 2.36. The fourth-order valence-electron chi connectivity index (χ4n) is 4.07. The van der Waals surface area contributed by atoms with Crippen molar-refractivity contribution >= 4 is 5.91 Å². The minimum Gasteiger partial charge on any atom is -0.327 e. The summed E-state index contributed by atoms with van der Waals surface area (Å²) < 4.78 is 55.1. The van der Waals surface area contributed by atoms with Gasteiger partial charge in [0.1, 0.15) is 18.8 Å². The Morgan fingerprint density at radius 1 is 1.31 bits per heavy atom. The first kappa shape index (κ1) is 21.9. The van der Waals surface area contributed by atoms with Crippen molar-refractivity contribution < 1.29 is 22.4 Å². The van der Waals surface area contributed by atoms with Crippen molar-refractivity contribution in [3.8, 4) is 0 Å². The fraction of sp³-hybridized carbons (Fsp3) is 0.632. The van der Waals surface area contributed by atoms with E-state index in [1.165, 1.54) is 6.07 Å². The normalized spacial score (nSPS) is 29.1. The maximum absolute atomic E-state index is 14.4. The van der Waals surface area contributed by atoms with Gasteiger partial charge in [-0.1, -0.05) is 13.0 Å². The van der Waals surface area contributed by atoms with Crippen LogP contribution in [0.4, 0.5) is 17.6 Å². The second-order valence-corrected chi connectivity index (χ2v) is 7.86. The SMILES string of the molecule is CCC(c1ccc(C(C)(F)F)c(F)c1)N1NC(CF)C2C(=O)NC(N(C)C)NC21. The lowest BCUT2D eigenvalue weighted by Crippen LogP contribution is -2.68. The second kappa shape index (κ2) is 8.17. The molecule has 0 bridgehead atoms. The van der Waals surface area contributed by atoms with E-state index in [-0.39, 0.29) is 5.91 Å². The van der Waals surface area contributed by atoms with E-state index in [1.54, 1.807) is 24.0 Å². The van der Waals surface area contributed by atoms with Crippen LogP contribution in [0.5, 0.6) is 0 Å². The number of amides is 1. The third-order valence-corrected chi connectivity index (χ3v) is 5.55. The number of hydrogen-bond donors (Lipinski definition) is 3. The maximum Gasteiger partial charge on any atom is 0.273 e. The Hall–Kier alpha value is -1.75. The molecule has 0 spiro atoms. The highest BCUT2D eigenvalue weighted by Gasteiger charge is 2.51. The van der Waals surface area contributed by atoms with E-state index in [1.807, 2.05) is 6.92 Å². The van der Waals surface area contributed by atoms with Crippen LogP contribution in [0.15, 0.2) is 18.2 Å². The molecule has 5 atom stereocenters. The molecule has 2 heterocycles. The topological polar surface area (TPSA) is 59.6 Å². The van der Waals surface area contributed by atoms with Gasteiger partial charge in [0.05, 0.1) is 29.7 Å². The molecule has 6 nitrogen and oxygen atoms in total. The van der Waals surface area contributed by atoms with Crippen LogP contribution >= 0.6 is 0 Å². The quantitative estimate of drug-likeness (QED) is 0.619. The molecule has 0 aliphatic carbocycles. The Morgan fingerprint density at radius 3 is 2.52 bits per heavy atom. The number of halogens is 4. The standard InChI is InChI=1S/C19H27F4N5O/c1-5-14(10-6-7-11(12(21)8-10)19(2,22)23)28-16-15(13(9-20)26-28)17(29)25-18(24-16)27(3)4/h6-8,13-16,18,24,26H,5,9H2,1-4H3,(H,25,29). The van der Waals surface area contributed by atoms with Crippen LogP contribution in [0.3, 0.4) is 0 Å². The van der Waals surface area contributed by atoms with Crippen molar-refractivity contribution in [3.63, 3.8) is 0 Å². The van der Waals surface area contributed by atoms with Gasteiger partial charge >= 0.3 is 0 Å². The average Bonchev–Trinajstić information content (AvgIpc) is 3.00. The lowest BCUT2D eigenvalue weighted by Gasteiger charge is -2.41. The highest BCUT2D eigenvalue weighted by atomic mass is 19.3. The number of alkyl halides is 3. The summed E-state index contributed by atoms with van der Waals surface area (Å²) >= 11 is 0. The molecular weight excluding hydrogens is 390 g/mol. The summed E-state index contributed by atoms with van der Waals surface area (Å²) in [6.07, 6.45) is -0.508. The van der Waals surface area contributed by atoms with Crippen molar-refractivity contribution in [1.29, 1.82) is 0 Å². The minimum atomic E-state index is -3.29. The zero-order chi connectivity index (χ0) is 21.5. The van der Waals surface area contributed by atoms with Gasteiger partial charge in [0.2, 0.25) is 5.91 Å². The molecule has 3 rings (SSSR count). The van der Waals surface area contributed by atoms with Crippen LogP contribution in [-0.4, -0.2) is 55.1 Å². The van der Waals surface area contributed by atoms with E-state index < -0.39 is 54.4 Å². The van der Waals surface area contributed by atoms with Crippen LogP contribution in [0.2, 0.25) is 0 Å². The summed E-state index contributed by atoms with van der Waals surface area (Å²) in [5.74, 6) is -5.25. The molecule has 2 saturated heterocycles. The summed E-state index contributed by atoms with van der Waals surface area (Å²) in [5.41, 5.74) is 2.83. The van der Waals surface area contributed by atoms with Crippen LogP contribution in [0, 0.1) is 11.7 Å². The van der Waals surface area contributed by atoms with Crippen LogP contribution in [0.25, 0.3) is 0 Å². The van der Waals surface area contributed by atoms with Gasteiger partial charge in [-0.3, -0.25) is 15.0 Å².